The number of rotatable bonds is 2. The van der Waals surface area contributed by atoms with Crippen molar-refractivity contribution in [3.8, 4) is 44.6 Å². The van der Waals surface area contributed by atoms with Gasteiger partial charge in [0, 0.05) is 31.9 Å². The van der Waals surface area contributed by atoms with Gasteiger partial charge in [-0.3, -0.25) is 4.98 Å². The molecule has 2 heteroatoms. The number of nitrogens with zero attached hydrogens (tertiary/aromatic N) is 1. The quantitative estimate of drug-likeness (QED) is 0.162. The standard InChI is InChI=1S/C54H31NS/c1-2-15-34-32(13-1)14-11-22-37(34)52-40-20-5-3-18-38(40)51(39-19-4-6-21-41(39)52)33-26-27-42-47(29-33)54(46-24-12-28-55-53(42)46)45-23-9-7-16-35(45)43-31-50-44(30-48(43)54)36-17-8-10-25-49(36)56-50/h1-31H. The average molecular weight is 726 g/mol. The van der Waals surface area contributed by atoms with Gasteiger partial charge in [0.05, 0.1) is 11.1 Å². The Hall–Kier alpha value is -6.87. The molecule has 11 aromatic rings. The van der Waals surface area contributed by atoms with E-state index >= 15 is 0 Å². The molecule has 0 fully saturated rings. The zero-order chi connectivity index (χ0) is 36.5. The van der Waals surface area contributed by atoms with Gasteiger partial charge in [0.2, 0.25) is 0 Å². The molecule has 1 nitrogen and oxygen atoms in total. The van der Waals surface area contributed by atoms with Crippen LogP contribution in [-0.4, -0.2) is 4.98 Å². The lowest BCUT2D eigenvalue weighted by Gasteiger charge is -2.30. The minimum atomic E-state index is -0.507. The van der Waals surface area contributed by atoms with Gasteiger partial charge in [0.25, 0.3) is 0 Å². The molecule has 9 aromatic carbocycles. The Morgan fingerprint density at radius 1 is 0.357 bits per heavy atom. The molecule has 0 aliphatic heterocycles. The van der Waals surface area contributed by atoms with E-state index in [1.165, 1.54) is 114 Å². The second kappa shape index (κ2) is 11.1. The van der Waals surface area contributed by atoms with Gasteiger partial charge in [0.15, 0.2) is 0 Å². The van der Waals surface area contributed by atoms with Crippen molar-refractivity contribution in [1.29, 1.82) is 0 Å². The Kier molecular flexibility index (Phi) is 6.04. The largest absolute Gasteiger partial charge is 0.256 e. The van der Waals surface area contributed by atoms with Crippen molar-refractivity contribution in [2.75, 3.05) is 0 Å². The molecular formula is C54H31NS. The van der Waals surface area contributed by atoms with Gasteiger partial charge in [-0.25, -0.2) is 0 Å². The van der Waals surface area contributed by atoms with Gasteiger partial charge in [0.1, 0.15) is 0 Å². The van der Waals surface area contributed by atoms with Crippen molar-refractivity contribution in [3.05, 3.63) is 210 Å². The lowest BCUT2D eigenvalue weighted by atomic mass is 9.70. The van der Waals surface area contributed by atoms with E-state index in [0.29, 0.717) is 0 Å². The summed E-state index contributed by atoms with van der Waals surface area (Å²) < 4.78 is 2.66. The van der Waals surface area contributed by atoms with Crippen LogP contribution in [0.4, 0.5) is 0 Å². The van der Waals surface area contributed by atoms with Crippen LogP contribution < -0.4 is 0 Å². The van der Waals surface area contributed by atoms with Crippen molar-refractivity contribution < 1.29 is 0 Å². The third kappa shape index (κ3) is 3.82. The fourth-order valence-corrected chi connectivity index (χ4v) is 11.7. The summed E-state index contributed by atoms with van der Waals surface area (Å²) in [7, 11) is 0. The molecule has 0 bridgehead atoms. The highest BCUT2D eigenvalue weighted by Gasteiger charge is 2.52. The molecule has 0 saturated heterocycles. The van der Waals surface area contributed by atoms with Crippen LogP contribution in [0, 0.1) is 0 Å². The molecule has 13 rings (SSSR count). The minimum Gasteiger partial charge on any atom is -0.256 e. The Labute approximate surface area is 327 Å². The number of hydrogen-bond acceptors (Lipinski definition) is 2. The number of aromatic nitrogens is 1. The van der Waals surface area contributed by atoms with E-state index in [-0.39, 0.29) is 0 Å². The Morgan fingerprint density at radius 2 is 0.982 bits per heavy atom. The van der Waals surface area contributed by atoms with Crippen molar-refractivity contribution in [2.45, 2.75) is 5.41 Å². The normalized spacial score (nSPS) is 15.2. The van der Waals surface area contributed by atoms with Crippen LogP contribution in [0.1, 0.15) is 22.3 Å². The van der Waals surface area contributed by atoms with Crippen molar-refractivity contribution in [1.82, 2.24) is 4.98 Å². The van der Waals surface area contributed by atoms with E-state index in [4.69, 9.17) is 4.98 Å². The molecular weight excluding hydrogens is 695 g/mol. The summed E-state index contributed by atoms with van der Waals surface area (Å²) in [6.45, 7) is 0. The first kappa shape index (κ1) is 30.5. The average Bonchev–Trinajstić information content (AvgIpc) is 3.88. The maximum atomic E-state index is 5.14. The summed E-state index contributed by atoms with van der Waals surface area (Å²) in [6, 6.07) is 68.2. The maximum absolute atomic E-state index is 5.14. The van der Waals surface area contributed by atoms with Crippen LogP contribution in [0.15, 0.2) is 188 Å². The number of fused-ring (bicyclic) bond motifs is 16. The van der Waals surface area contributed by atoms with Gasteiger partial charge in [-0.2, -0.15) is 0 Å². The van der Waals surface area contributed by atoms with Crippen molar-refractivity contribution in [3.63, 3.8) is 0 Å². The summed E-state index contributed by atoms with van der Waals surface area (Å²) in [4.78, 5) is 5.14. The second-order valence-corrected chi connectivity index (χ2v) is 16.4. The first-order valence-corrected chi connectivity index (χ1v) is 20.2. The lowest BCUT2D eigenvalue weighted by molar-refractivity contribution is 0.793. The van der Waals surface area contributed by atoms with Crippen molar-refractivity contribution in [2.24, 2.45) is 0 Å². The molecule has 0 amide bonds. The number of hydrogen-bond donors (Lipinski definition) is 0. The Bertz CT molecular complexity index is 3430. The van der Waals surface area contributed by atoms with Crippen LogP contribution in [0.5, 0.6) is 0 Å². The fraction of sp³-hybridized carbons (Fsp3) is 0.0185. The van der Waals surface area contributed by atoms with Gasteiger partial charge in [-0.15, -0.1) is 11.3 Å². The predicted molar refractivity (Wildman–Crippen MR) is 237 cm³/mol. The van der Waals surface area contributed by atoms with Gasteiger partial charge in [-0.05, 0) is 118 Å². The lowest BCUT2D eigenvalue weighted by Crippen LogP contribution is -2.26. The molecule has 0 saturated carbocycles. The fourth-order valence-electron chi connectivity index (χ4n) is 10.5. The third-order valence-corrected chi connectivity index (χ3v) is 13.8. The maximum Gasteiger partial charge on any atom is 0.0753 e. The van der Waals surface area contributed by atoms with Crippen LogP contribution in [0.25, 0.3) is 97.1 Å². The highest BCUT2D eigenvalue weighted by Crippen LogP contribution is 2.64. The SMILES string of the molecule is c1ccc2c(c1)-c1cc3sc4ccccc4c3cc1C21c2cc(-c3c4ccccc4c(-c4cccc5ccccc45)c4ccccc34)ccc2-c2ncccc21. The van der Waals surface area contributed by atoms with Crippen LogP contribution in [0.2, 0.25) is 0 Å². The highest BCUT2D eigenvalue weighted by atomic mass is 32.1. The van der Waals surface area contributed by atoms with E-state index < -0.39 is 5.41 Å². The van der Waals surface area contributed by atoms with Crippen LogP contribution in [-0.2, 0) is 5.41 Å². The number of benzene rings is 9. The number of thiophene rings is 1. The summed E-state index contributed by atoms with van der Waals surface area (Å²) >= 11 is 1.89. The second-order valence-electron chi connectivity index (χ2n) is 15.3. The Morgan fingerprint density at radius 3 is 1.80 bits per heavy atom. The molecule has 258 valence electrons. The molecule has 1 atom stereocenters. The van der Waals surface area contributed by atoms with E-state index in [9.17, 15) is 0 Å². The smallest absolute Gasteiger partial charge is 0.0753 e. The first-order chi connectivity index (χ1) is 27.8. The van der Waals surface area contributed by atoms with E-state index in [1.54, 1.807) is 0 Å². The minimum absolute atomic E-state index is 0.507. The molecule has 2 aromatic heterocycles. The number of pyridine rings is 1. The molecule has 0 N–H and O–H groups in total. The topological polar surface area (TPSA) is 12.9 Å². The molecule has 1 unspecified atom stereocenters. The first-order valence-electron chi connectivity index (χ1n) is 19.4. The van der Waals surface area contributed by atoms with Gasteiger partial charge < -0.3 is 0 Å². The summed E-state index contributed by atoms with van der Waals surface area (Å²) in [6.07, 6.45) is 1.96. The van der Waals surface area contributed by atoms with Crippen LogP contribution in [0.3, 0.4) is 0 Å². The van der Waals surface area contributed by atoms with E-state index in [2.05, 4.69) is 182 Å². The van der Waals surface area contributed by atoms with Crippen molar-refractivity contribution >= 4 is 63.8 Å². The Balaban J connectivity index is 1.14. The zero-order valence-corrected chi connectivity index (χ0v) is 31.1. The predicted octanol–water partition coefficient (Wildman–Crippen LogP) is 14.6. The zero-order valence-electron chi connectivity index (χ0n) is 30.3. The molecule has 0 radical (unpaired) electrons. The third-order valence-electron chi connectivity index (χ3n) is 12.7. The van der Waals surface area contributed by atoms with E-state index in [1.807, 2.05) is 17.5 Å². The van der Waals surface area contributed by atoms with Gasteiger partial charge >= 0.3 is 0 Å². The molecule has 56 heavy (non-hydrogen) atoms. The van der Waals surface area contributed by atoms with Gasteiger partial charge in [-0.1, -0.05) is 152 Å². The highest BCUT2D eigenvalue weighted by molar-refractivity contribution is 7.25. The van der Waals surface area contributed by atoms with E-state index in [0.717, 1.165) is 5.69 Å². The molecule has 2 heterocycles. The summed E-state index contributed by atoms with van der Waals surface area (Å²) in [5, 5.41) is 10.2. The molecule has 2 aliphatic carbocycles. The monoisotopic (exact) mass is 725 g/mol. The molecule has 2 aliphatic rings. The summed E-state index contributed by atoms with van der Waals surface area (Å²) in [5.74, 6) is 0. The summed E-state index contributed by atoms with van der Waals surface area (Å²) in [5.41, 5.74) is 14.7. The molecule has 1 spiro atoms. The van der Waals surface area contributed by atoms with Crippen LogP contribution >= 0.6 is 11.3 Å².